The van der Waals surface area contributed by atoms with Crippen molar-refractivity contribution in [3.8, 4) is 5.75 Å². The van der Waals surface area contributed by atoms with Gasteiger partial charge in [-0.25, -0.2) is 0 Å². The van der Waals surface area contributed by atoms with Gasteiger partial charge in [0.25, 0.3) is 0 Å². The smallest absolute Gasteiger partial charge is 0.137 e. The van der Waals surface area contributed by atoms with Crippen LogP contribution in [0.3, 0.4) is 0 Å². The van der Waals surface area contributed by atoms with Crippen LogP contribution >= 0.6 is 31.9 Å². The molecule has 0 saturated heterocycles. The van der Waals surface area contributed by atoms with Crippen molar-refractivity contribution in [3.63, 3.8) is 0 Å². The number of rotatable bonds is 8. The Kier molecular flexibility index (Phi) is 8.15. The number of hydrogen-bond donors (Lipinski definition) is 1. The molecule has 0 saturated carbocycles. The first-order valence-corrected chi connectivity index (χ1v) is 8.78. The fourth-order valence-corrected chi connectivity index (χ4v) is 3.67. The molecular weight excluding hydrogens is 382 g/mol. The molecular formula is C16H25Br2NO. The van der Waals surface area contributed by atoms with E-state index in [2.05, 4.69) is 64.0 Å². The van der Waals surface area contributed by atoms with E-state index in [1.165, 1.54) is 24.8 Å². The summed E-state index contributed by atoms with van der Waals surface area (Å²) in [5.41, 5.74) is 1.17. The van der Waals surface area contributed by atoms with Gasteiger partial charge in [-0.15, -0.1) is 0 Å². The SMILES string of the molecule is COc1c(Br)cc(Br)cc1CNC(C)CCCC(C)C. The minimum atomic E-state index is 0.524. The van der Waals surface area contributed by atoms with Gasteiger partial charge in [-0.3, -0.25) is 0 Å². The minimum Gasteiger partial charge on any atom is -0.495 e. The Morgan fingerprint density at radius 2 is 1.85 bits per heavy atom. The second-order valence-corrected chi connectivity index (χ2v) is 7.46. The predicted molar refractivity (Wildman–Crippen MR) is 93.4 cm³/mol. The molecule has 1 rings (SSSR count). The van der Waals surface area contributed by atoms with Crippen LogP contribution in [0.2, 0.25) is 0 Å². The van der Waals surface area contributed by atoms with Crippen molar-refractivity contribution in [2.75, 3.05) is 7.11 Å². The lowest BCUT2D eigenvalue weighted by atomic mass is 10.0. The van der Waals surface area contributed by atoms with Gasteiger partial charge in [0.05, 0.1) is 11.6 Å². The third-order valence-electron chi connectivity index (χ3n) is 3.35. The zero-order chi connectivity index (χ0) is 15.1. The van der Waals surface area contributed by atoms with Gasteiger partial charge < -0.3 is 10.1 Å². The van der Waals surface area contributed by atoms with Crippen molar-refractivity contribution >= 4 is 31.9 Å². The second kappa shape index (κ2) is 9.06. The Bertz CT molecular complexity index is 421. The van der Waals surface area contributed by atoms with E-state index in [4.69, 9.17) is 4.74 Å². The van der Waals surface area contributed by atoms with E-state index in [0.29, 0.717) is 6.04 Å². The van der Waals surface area contributed by atoms with Crippen LogP contribution in [0.5, 0.6) is 5.75 Å². The lowest BCUT2D eigenvalue weighted by Crippen LogP contribution is -2.25. The first-order chi connectivity index (χ1) is 9.43. The van der Waals surface area contributed by atoms with Gasteiger partial charge in [-0.05, 0) is 47.3 Å². The molecule has 1 aromatic carbocycles. The number of hydrogen-bond acceptors (Lipinski definition) is 2. The Balaban J connectivity index is 2.52. The van der Waals surface area contributed by atoms with Crippen molar-refractivity contribution in [2.24, 2.45) is 5.92 Å². The quantitative estimate of drug-likeness (QED) is 0.613. The molecule has 114 valence electrons. The molecule has 1 N–H and O–H groups in total. The second-order valence-electron chi connectivity index (χ2n) is 5.69. The molecule has 1 unspecified atom stereocenters. The topological polar surface area (TPSA) is 21.3 Å². The summed E-state index contributed by atoms with van der Waals surface area (Å²) >= 11 is 7.07. The van der Waals surface area contributed by atoms with Crippen molar-refractivity contribution in [2.45, 2.75) is 52.6 Å². The van der Waals surface area contributed by atoms with Gasteiger partial charge in [0.1, 0.15) is 5.75 Å². The molecule has 20 heavy (non-hydrogen) atoms. The molecule has 0 heterocycles. The van der Waals surface area contributed by atoms with Gasteiger partial charge in [0.15, 0.2) is 0 Å². The van der Waals surface area contributed by atoms with Crippen molar-refractivity contribution < 1.29 is 4.74 Å². The van der Waals surface area contributed by atoms with Crippen LogP contribution in [0.4, 0.5) is 0 Å². The largest absolute Gasteiger partial charge is 0.495 e. The predicted octanol–water partition coefficient (Wildman–Crippen LogP) is 5.52. The minimum absolute atomic E-state index is 0.524. The molecule has 0 aliphatic rings. The summed E-state index contributed by atoms with van der Waals surface area (Å²) in [6.07, 6.45) is 3.80. The highest BCUT2D eigenvalue weighted by Gasteiger charge is 2.10. The van der Waals surface area contributed by atoms with Crippen LogP contribution in [0.25, 0.3) is 0 Å². The average molecular weight is 407 g/mol. The van der Waals surface area contributed by atoms with Crippen LogP contribution in [-0.4, -0.2) is 13.2 Å². The molecule has 0 amide bonds. The third-order valence-corrected chi connectivity index (χ3v) is 4.40. The van der Waals surface area contributed by atoms with E-state index < -0.39 is 0 Å². The number of halogens is 2. The van der Waals surface area contributed by atoms with Crippen molar-refractivity contribution in [1.29, 1.82) is 0 Å². The van der Waals surface area contributed by atoms with Crippen LogP contribution in [-0.2, 0) is 6.54 Å². The summed E-state index contributed by atoms with van der Waals surface area (Å²) in [7, 11) is 1.71. The first-order valence-electron chi connectivity index (χ1n) is 7.19. The normalized spacial score (nSPS) is 12.8. The van der Waals surface area contributed by atoms with Crippen molar-refractivity contribution in [1.82, 2.24) is 5.32 Å². The molecule has 0 aliphatic carbocycles. The highest BCUT2D eigenvalue weighted by Crippen LogP contribution is 2.32. The number of benzene rings is 1. The van der Waals surface area contributed by atoms with Crippen LogP contribution < -0.4 is 10.1 Å². The zero-order valence-electron chi connectivity index (χ0n) is 12.8. The molecule has 0 bridgehead atoms. The number of nitrogens with one attached hydrogen (secondary N) is 1. The average Bonchev–Trinajstić information content (AvgIpc) is 2.35. The maximum Gasteiger partial charge on any atom is 0.137 e. The summed E-state index contributed by atoms with van der Waals surface area (Å²) in [5, 5.41) is 3.58. The number of methoxy groups -OCH3 is 1. The summed E-state index contributed by atoms with van der Waals surface area (Å²) in [5.74, 6) is 1.71. The van der Waals surface area contributed by atoms with E-state index >= 15 is 0 Å². The third kappa shape index (κ3) is 6.15. The fraction of sp³-hybridized carbons (Fsp3) is 0.625. The van der Waals surface area contributed by atoms with Crippen LogP contribution in [0, 0.1) is 5.92 Å². The summed E-state index contributed by atoms with van der Waals surface area (Å²) in [6.45, 7) is 7.63. The Hall–Kier alpha value is -0.0600. The standard InChI is InChI=1S/C16H25Br2NO/c1-11(2)6-5-7-12(3)19-10-13-8-14(17)9-15(18)16(13)20-4/h8-9,11-12,19H,5-7,10H2,1-4H3. The molecule has 4 heteroatoms. The zero-order valence-corrected chi connectivity index (χ0v) is 16.0. The monoisotopic (exact) mass is 405 g/mol. The van der Waals surface area contributed by atoms with Gasteiger partial charge in [0, 0.05) is 22.6 Å². The molecule has 1 aromatic rings. The maximum absolute atomic E-state index is 5.47. The van der Waals surface area contributed by atoms with E-state index in [1.807, 2.05) is 6.07 Å². The Morgan fingerprint density at radius 1 is 1.15 bits per heavy atom. The fourth-order valence-electron chi connectivity index (χ4n) is 2.19. The summed E-state index contributed by atoms with van der Waals surface area (Å²) in [6, 6.07) is 4.64. The highest BCUT2D eigenvalue weighted by atomic mass is 79.9. The molecule has 0 radical (unpaired) electrons. The van der Waals surface area contributed by atoms with Crippen LogP contribution in [0.15, 0.2) is 21.1 Å². The van der Waals surface area contributed by atoms with Gasteiger partial charge in [0.2, 0.25) is 0 Å². The van der Waals surface area contributed by atoms with E-state index in [1.54, 1.807) is 7.11 Å². The molecule has 0 fully saturated rings. The Labute approximate surface area is 139 Å². The lowest BCUT2D eigenvalue weighted by Gasteiger charge is -2.17. The maximum atomic E-state index is 5.47. The van der Waals surface area contributed by atoms with Crippen LogP contribution in [0.1, 0.15) is 45.6 Å². The summed E-state index contributed by atoms with van der Waals surface area (Å²) < 4.78 is 7.52. The van der Waals surface area contributed by atoms with E-state index in [9.17, 15) is 0 Å². The molecule has 0 spiro atoms. The first kappa shape index (κ1) is 18.0. The van der Waals surface area contributed by atoms with Gasteiger partial charge in [-0.2, -0.15) is 0 Å². The molecule has 0 aromatic heterocycles. The highest BCUT2D eigenvalue weighted by molar-refractivity contribution is 9.11. The van der Waals surface area contributed by atoms with Gasteiger partial charge >= 0.3 is 0 Å². The lowest BCUT2D eigenvalue weighted by molar-refractivity contribution is 0.400. The summed E-state index contributed by atoms with van der Waals surface area (Å²) in [4.78, 5) is 0. The molecule has 2 nitrogen and oxygen atoms in total. The van der Waals surface area contributed by atoms with Gasteiger partial charge in [-0.1, -0.05) is 42.6 Å². The molecule has 1 atom stereocenters. The number of ether oxygens (including phenoxy) is 1. The Morgan fingerprint density at radius 3 is 2.45 bits per heavy atom. The molecule has 0 aliphatic heterocycles. The van der Waals surface area contributed by atoms with Crippen molar-refractivity contribution in [3.05, 3.63) is 26.6 Å². The van der Waals surface area contributed by atoms with E-state index in [0.717, 1.165) is 27.2 Å². The van der Waals surface area contributed by atoms with E-state index in [-0.39, 0.29) is 0 Å².